The van der Waals surface area contributed by atoms with Crippen LogP contribution in [0.2, 0.25) is 0 Å². The number of unbranched alkanes of at least 4 members (excludes halogenated alkanes) is 6. The smallest absolute Gasteiger partial charge is 0.243 e. The number of nitrogens with zero attached hydrogens (tertiary/aromatic N) is 4. The average Bonchev–Trinajstić information content (AvgIpc) is 4.12. The lowest BCUT2D eigenvalue weighted by atomic mass is 9.85. The van der Waals surface area contributed by atoms with Crippen LogP contribution in [0.1, 0.15) is 113 Å². The summed E-state index contributed by atoms with van der Waals surface area (Å²) in [5.41, 5.74) is 9.09. The van der Waals surface area contributed by atoms with Gasteiger partial charge in [0.15, 0.2) is 11.5 Å². The molecule has 7 rings (SSSR count). The number of amides is 2. The number of fused-ring (bicyclic) bond motifs is 1. The Hall–Kier alpha value is -5.45. The maximum absolute atomic E-state index is 14.1. The van der Waals surface area contributed by atoms with Crippen LogP contribution in [0.4, 0.5) is 5.82 Å². The van der Waals surface area contributed by atoms with Crippen molar-refractivity contribution in [1.29, 1.82) is 0 Å². The summed E-state index contributed by atoms with van der Waals surface area (Å²) in [5.74, 6) is 2.36. The number of aryl methyl sites for hydroxylation is 2. The number of ether oxygens (including phenoxy) is 2. The van der Waals surface area contributed by atoms with E-state index in [1.165, 1.54) is 40.8 Å². The fourth-order valence-corrected chi connectivity index (χ4v) is 11.0. The van der Waals surface area contributed by atoms with E-state index < -0.39 is 18.2 Å². The van der Waals surface area contributed by atoms with E-state index in [-0.39, 0.29) is 36.2 Å². The van der Waals surface area contributed by atoms with Crippen molar-refractivity contribution in [3.05, 3.63) is 105 Å². The number of hydrogen-bond acceptors (Lipinski definition) is 13. The first kappa shape index (κ1) is 52.4. The van der Waals surface area contributed by atoms with Gasteiger partial charge in [0, 0.05) is 42.4 Å². The molecular formula is C55H72N8O5S2. The van der Waals surface area contributed by atoms with E-state index in [1.54, 1.807) is 41.8 Å². The molecule has 0 unspecified atom stereocenters. The zero-order valence-electron chi connectivity index (χ0n) is 42.2. The number of thiophene rings is 1. The number of thiazole rings is 1. The highest BCUT2D eigenvalue weighted by atomic mass is 32.1. The van der Waals surface area contributed by atoms with Gasteiger partial charge in [-0.25, -0.2) is 15.0 Å². The number of carbonyl (C=O) groups excluding carboxylic acids is 2. The third-order valence-corrected chi connectivity index (χ3v) is 15.2. The van der Waals surface area contributed by atoms with Crippen molar-refractivity contribution in [1.82, 2.24) is 35.8 Å². The number of aromatic nitrogens is 3. The molecule has 4 atom stereocenters. The molecule has 5 N–H and O–H groups in total. The van der Waals surface area contributed by atoms with E-state index in [0.29, 0.717) is 23.9 Å². The molecule has 1 saturated heterocycles. The number of rotatable bonds is 24. The van der Waals surface area contributed by atoms with Crippen LogP contribution in [0.5, 0.6) is 11.5 Å². The summed E-state index contributed by atoms with van der Waals surface area (Å²) in [6.07, 6.45) is 7.41. The predicted octanol–water partition coefficient (Wildman–Crippen LogP) is 10.4. The molecule has 0 saturated carbocycles. The highest BCUT2D eigenvalue weighted by Crippen LogP contribution is 2.37. The third kappa shape index (κ3) is 13.5. The number of carbonyl (C=O) groups is 2. The van der Waals surface area contributed by atoms with Gasteiger partial charge in [0.2, 0.25) is 11.8 Å². The normalized spacial score (nSPS) is 15.8. The number of anilines is 1. The molecule has 1 aliphatic rings. The molecule has 13 nitrogen and oxygen atoms in total. The lowest BCUT2D eigenvalue weighted by Gasteiger charge is -2.35. The number of likely N-dealkylation sites (tertiary alicyclic amines) is 1. The Morgan fingerprint density at radius 1 is 0.857 bits per heavy atom. The van der Waals surface area contributed by atoms with E-state index >= 15 is 0 Å². The molecule has 0 bridgehead atoms. The summed E-state index contributed by atoms with van der Waals surface area (Å²) >= 11 is 3.36. The van der Waals surface area contributed by atoms with Crippen molar-refractivity contribution in [2.45, 2.75) is 130 Å². The molecule has 6 aromatic rings. The van der Waals surface area contributed by atoms with Gasteiger partial charge >= 0.3 is 0 Å². The van der Waals surface area contributed by atoms with Gasteiger partial charge in [-0.2, -0.15) is 0 Å². The quantitative estimate of drug-likeness (QED) is 0.0367. The van der Waals surface area contributed by atoms with Crippen LogP contribution in [0.25, 0.3) is 32.5 Å². The van der Waals surface area contributed by atoms with Gasteiger partial charge in [-0.3, -0.25) is 9.59 Å². The standard InChI is InChI=1S/C55H72N8O5S2/c1-35(60-52-44-28-47(67-7)48(68-8)29-45(44)61-37(3)62-52)49-26-41(33-69-49)43-19-15-14-18-40(43)31-56-24-16-12-10-9-11-13-17-25-57-51(55(4,5)6)54(66)63-32-42(64)27-46(63)53(65)58-30-38-20-22-39(23-21-38)50-36(2)59-34-70-50/h14-15,18-23,26,28-29,33-35,42,46,51,56-57,64H,9-13,16-17,24-25,27,30-32H2,1-8H3,(H,58,65)(H,60,61,62)/t35-,42-,46+,51-/m1/s1. The van der Waals surface area contributed by atoms with Crippen LogP contribution in [0, 0.1) is 19.3 Å². The lowest BCUT2D eigenvalue weighted by molar-refractivity contribution is -0.142. The van der Waals surface area contributed by atoms with Gasteiger partial charge in [-0.1, -0.05) is 101 Å². The third-order valence-electron chi connectivity index (χ3n) is 13.1. The van der Waals surface area contributed by atoms with Gasteiger partial charge in [0.25, 0.3) is 0 Å². The van der Waals surface area contributed by atoms with Crippen LogP contribution in [0.3, 0.4) is 0 Å². The van der Waals surface area contributed by atoms with Crippen molar-refractivity contribution in [2.24, 2.45) is 5.41 Å². The highest BCUT2D eigenvalue weighted by molar-refractivity contribution is 7.13. The summed E-state index contributed by atoms with van der Waals surface area (Å²) < 4.78 is 11.1. The van der Waals surface area contributed by atoms with Crippen LogP contribution in [0.15, 0.2) is 77.6 Å². The molecule has 3 aromatic heterocycles. The second-order valence-electron chi connectivity index (χ2n) is 19.6. The molecule has 3 aromatic carbocycles. The largest absolute Gasteiger partial charge is 0.493 e. The number of aliphatic hydroxyl groups excluding tert-OH is 1. The van der Waals surface area contributed by atoms with Gasteiger partial charge < -0.3 is 40.7 Å². The molecule has 374 valence electrons. The Labute approximate surface area is 422 Å². The Kier molecular flexibility index (Phi) is 18.4. The van der Waals surface area contributed by atoms with Crippen molar-refractivity contribution >= 4 is 51.2 Å². The van der Waals surface area contributed by atoms with Gasteiger partial charge in [-0.05, 0) is 97.4 Å². The lowest BCUT2D eigenvalue weighted by Crippen LogP contribution is -2.56. The maximum atomic E-state index is 14.1. The Bertz CT molecular complexity index is 2660. The van der Waals surface area contributed by atoms with Crippen LogP contribution >= 0.6 is 22.7 Å². The monoisotopic (exact) mass is 989 g/mol. The first-order valence-electron chi connectivity index (χ1n) is 24.8. The SMILES string of the molecule is COc1cc2nc(C)nc(N[C@H](C)c3cc(-c4ccccc4CNCCCCCCCCCN[C@H](C(=O)N4C[C@H](O)C[C@H]4C(=O)NCc4ccc(-c5scnc5C)cc4)C(C)(C)C)cs3)c2cc1OC. The Morgan fingerprint density at radius 3 is 2.26 bits per heavy atom. The molecule has 1 fully saturated rings. The topological polar surface area (TPSA) is 163 Å². The second kappa shape index (κ2) is 24.6. The molecule has 0 radical (unpaired) electrons. The van der Waals surface area contributed by atoms with E-state index in [1.807, 2.05) is 55.8 Å². The van der Waals surface area contributed by atoms with Crippen LogP contribution in [-0.2, 0) is 22.7 Å². The van der Waals surface area contributed by atoms with Crippen molar-refractivity contribution in [2.75, 3.05) is 39.2 Å². The maximum Gasteiger partial charge on any atom is 0.243 e. The Balaban J connectivity index is 0.792. The number of benzene rings is 3. The van der Waals surface area contributed by atoms with Crippen LogP contribution < -0.4 is 30.7 Å². The zero-order valence-corrected chi connectivity index (χ0v) is 43.8. The predicted molar refractivity (Wildman–Crippen MR) is 285 cm³/mol. The number of aliphatic hydroxyl groups is 1. The fraction of sp³-hybridized carbons (Fsp3) is 0.473. The Morgan fingerprint density at radius 2 is 1.56 bits per heavy atom. The summed E-state index contributed by atoms with van der Waals surface area (Å²) in [4.78, 5) is 45.3. The molecular weight excluding hydrogens is 917 g/mol. The van der Waals surface area contributed by atoms with Gasteiger partial charge in [0.05, 0.1) is 54.0 Å². The summed E-state index contributed by atoms with van der Waals surface area (Å²) in [5, 5.41) is 27.7. The summed E-state index contributed by atoms with van der Waals surface area (Å²) in [7, 11) is 3.26. The minimum absolute atomic E-state index is 0.0244. The zero-order chi connectivity index (χ0) is 49.8. The van der Waals surface area contributed by atoms with Gasteiger partial charge in [-0.15, -0.1) is 22.7 Å². The first-order valence-corrected chi connectivity index (χ1v) is 26.5. The minimum atomic E-state index is -0.735. The summed E-state index contributed by atoms with van der Waals surface area (Å²) in [6, 6.07) is 21.7. The van der Waals surface area contributed by atoms with Crippen molar-refractivity contribution in [3.8, 4) is 33.1 Å². The molecule has 4 heterocycles. The first-order chi connectivity index (χ1) is 33.7. The van der Waals surface area contributed by atoms with Crippen molar-refractivity contribution in [3.63, 3.8) is 0 Å². The summed E-state index contributed by atoms with van der Waals surface area (Å²) in [6.45, 7) is 15.2. The highest BCUT2D eigenvalue weighted by Gasteiger charge is 2.43. The van der Waals surface area contributed by atoms with E-state index in [9.17, 15) is 14.7 Å². The van der Waals surface area contributed by atoms with Crippen molar-refractivity contribution < 1.29 is 24.2 Å². The molecule has 70 heavy (non-hydrogen) atoms. The number of methoxy groups -OCH3 is 2. The second-order valence-corrected chi connectivity index (χ2v) is 21.4. The molecule has 15 heteroatoms. The minimum Gasteiger partial charge on any atom is -0.493 e. The van der Waals surface area contributed by atoms with Crippen LogP contribution in [-0.4, -0.2) is 88.8 Å². The number of hydrogen-bond donors (Lipinski definition) is 5. The molecule has 0 spiro atoms. The van der Waals surface area contributed by atoms with E-state index in [4.69, 9.17) is 14.5 Å². The van der Waals surface area contributed by atoms with E-state index in [2.05, 4.69) is 94.6 Å². The van der Waals surface area contributed by atoms with E-state index in [0.717, 1.165) is 83.7 Å². The number of nitrogens with one attached hydrogen (secondary N) is 4. The molecule has 1 aliphatic heterocycles. The molecule has 0 aliphatic carbocycles. The number of β-amino-alcohol motifs (C(OH)–C–C–N with tert-alkyl or cyclic N) is 1. The molecule has 2 amide bonds. The van der Waals surface area contributed by atoms with Gasteiger partial charge in [0.1, 0.15) is 17.7 Å². The average molecular weight is 989 g/mol. The fourth-order valence-electron chi connectivity index (χ4n) is 9.26.